The van der Waals surface area contributed by atoms with Gasteiger partial charge in [0.2, 0.25) is 0 Å². The van der Waals surface area contributed by atoms with Crippen LogP contribution in [0.1, 0.15) is 30.5 Å². The second-order valence-electron chi connectivity index (χ2n) is 7.43. The van der Waals surface area contributed by atoms with Gasteiger partial charge in [0.25, 0.3) is 11.7 Å². The summed E-state index contributed by atoms with van der Waals surface area (Å²) in [5.41, 5.74) is 1.81. The van der Waals surface area contributed by atoms with Gasteiger partial charge in [0.05, 0.1) is 18.2 Å². The Bertz CT molecular complexity index is 1150. The van der Waals surface area contributed by atoms with Gasteiger partial charge in [0, 0.05) is 15.7 Å². The molecule has 0 spiro atoms. The number of carbonyl (C=O) groups is 2. The largest absolute Gasteiger partial charge is 0.507 e. The summed E-state index contributed by atoms with van der Waals surface area (Å²) in [5, 5.41) is 11.1. The van der Waals surface area contributed by atoms with Crippen molar-refractivity contribution in [3.05, 3.63) is 100 Å². The monoisotopic (exact) mass is 491 g/mol. The summed E-state index contributed by atoms with van der Waals surface area (Å²) >= 11 is 3.37. The number of para-hydroxylation sites is 1. The molecule has 0 saturated carbocycles. The fourth-order valence-corrected chi connectivity index (χ4v) is 4.00. The van der Waals surface area contributed by atoms with E-state index in [0.29, 0.717) is 29.2 Å². The normalized spacial score (nSPS) is 17.6. The average molecular weight is 492 g/mol. The third kappa shape index (κ3) is 4.18. The molecule has 5 nitrogen and oxygen atoms in total. The topological polar surface area (TPSA) is 66.8 Å². The Morgan fingerprint density at radius 3 is 2.25 bits per heavy atom. The van der Waals surface area contributed by atoms with Crippen LogP contribution in [0.25, 0.3) is 5.76 Å². The lowest BCUT2D eigenvalue weighted by atomic mass is 9.95. The molecule has 1 saturated heterocycles. The fraction of sp³-hybridized carbons (Fsp3) is 0.154. The third-order valence-corrected chi connectivity index (χ3v) is 5.79. The number of carbonyl (C=O) groups excluding carboxylic acids is 2. The van der Waals surface area contributed by atoms with Crippen LogP contribution in [-0.4, -0.2) is 23.4 Å². The number of hydrogen-bond acceptors (Lipinski definition) is 4. The van der Waals surface area contributed by atoms with Crippen LogP contribution in [0.2, 0.25) is 0 Å². The average Bonchev–Trinajstić information content (AvgIpc) is 3.09. The van der Waals surface area contributed by atoms with Crippen molar-refractivity contribution in [1.82, 2.24) is 0 Å². The second-order valence-corrected chi connectivity index (χ2v) is 8.34. The Hall–Kier alpha value is -3.38. The number of Topliss-reactive ketones (excluding diaryl/α,β-unsaturated/α-hetero) is 1. The predicted octanol–water partition coefficient (Wildman–Crippen LogP) is 5.86. The molecular formula is C26H22BrNO4. The van der Waals surface area contributed by atoms with Crippen LogP contribution in [0, 0.1) is 0 Å². The van der Waals surface area contributed by atoms with E-state index in [4.69, 9.17) is 4.74 Å². The minimum Gasteiger partial charge on any atom is -0.507 e. The van der Waals surface area contributed by atoms with Crippen LogP contribution in [-0.2, 0) is 9.59 Å². The first-order valence-corrected chi connectivity index (χ1v) is 11.1. The summed E-state index contributed by atoms with van der Waals surface area (Å²) in [5.74, 6) is -0.887. The highest BCUT2D eigenvalue weighted by Crippen LogP contribution is 2.42. The SMILES string of the molecule is CCCOc1ccc(C2/C(=C(/O)c3ccc(Br)cc3)C(=O)C(=O)N2c2ccccc2)cc1. The van der Waals surface area contributed by atoms with Gasteiger partial charge in [-0.05, 0) is 48.4 Å². The molecule has 0 aliphatic carbocycles. The minimum atomic E-state index is -0.763. The van der Waals surface area contributed by atoms with Crippen LogP contribution in [0.4, 0.5) is 5.69 Å². The lowest BCUT2D eigenvalue weighted by Gasteiger charge is -2.25. The number of benzene rings is 3. The zero-order valence-corrected chi connectivity index (χ0v) is 19.1. The van der Waals surface area contributed by atoms with Crippen molar-refractivity contribution in [2.24, 2.45) is 0 Å². The predicted molar refractivity (Wildman–Crippen MR) is 128 cm³/mol. The first kappa shape index (κ1) is 21.8. The smallest absolute Gasteiger partial charge is 0.300 e. The van der Waals surface area contributed by atoms with Gasteiger partial charge >= 0.3 is 0 Å². The molecule has 162 valence electrons. The van der Waals surface area contributed by atoms with Crippen molar-refractivity contribution in [3.63, 3.8) is 0 Å². The van der Waals surface area contributed by atoms with Gasteiger partial charge in [-0.1, -0.05) is 65.3 Å². The van der Waals surface area contributed by atoms with E-state index in [1.165, 1.54) is 4.90 Å². The molecule has 1 heterocycles. The van der Waals surface area contributed by atoms with Crippen molar-refractivity contribution < 1.29 is 19.4 Å². The van der Waals surface area contributed by atoms with E-state index in [-0.39, 0.29) is 11.3 Å². The lowest BCUT2D eigenvalue weighted by Crippen LogP contribution is -2.29. The Kier molecular flexibility index (Phi) is 6.42. The van der Waals surface area contributed by atoms with Crippen molar-refractivity contribution in [2.45, 2.75) is 19.4 Å². The Labute approximate surface area is 195 Å². The quantitative estimate of drug-likeness (QED) is 0.266. The van der Waals surface area contributed by atoms with Gasteiger partial charge in [0.1, 0.15) is 11.5 Å². The van der Waals surface area contributed by atoms with Crippen LogP contribution in [0.15, 0.2) is 88.9 Å². The molecule has 1 aliphatic heterocycles. The summed E-state index contributed by atoms with van der Waals surface area (Å²) in [7, 11) is 0. The summed E-state index contributed by atoms with van der Waals surface area (Å²) < 4.78 is 6.51. The third-order valence-electron chi connectivity index (χ3n) is 5.27. The first-order chi connectivity index (χ1) is 15.5. The maximum Gasteiger partial charge on any atom is 0.300 e. The molecule has 1 unspecified atom stereocenters. The molecule has 1 N–H and O–H groups in total. The Morgan fingerprint density at radius 2 is 1.62 bits per heavy atom. The highest BCUT2D eigenvalue weighted by atomic mass is 79.9. The molecule has 3 aromatic carbocycles. The Morgan fingerprint density at radius 1 is 0.969 bits per heavy atom. The number of amides is 1. The maximum atomic E-state index is 13.1. The van der Waals surface area contributed by atoms with E-state index >= 15 is 0 Å². The molecular weight excluding hydrogens is 470 g/mol. The number of ketones is 1. The minimum absolute atomic E-state index is 0.0587. The van der Waals surface area contributed by atoms with Gasteiger partial charge in [0.15, 0.2) is 0 Å². The molecule has 0 aromatic heterocycles. The standard InChI is InChI=1S/C26H22BrNO4/c1-2-16-32-21-14-10-17(11-15-21)23-22(24(29)18-8-12-19(27)13-9-18)25(30)26(31)28(23)20-6-4-3-5-7-20/h3-15,23,29H,2,16H2,1H3/b24-22-. The van der Waals surface area contributed by atoms with Gasteiger partial charge in [-0.15, -0.1) is 0 Å². The molecule has 1 atom stereocenters. The molecule has 32 heavy (non-hydrogen) atoms. The van der Waals surface area contributed by atoms with Gasteiger partial charge in [-0.2, -0.15) is 0 Å². The lowest BCUT2D eigenvalue weighted by molar-refractivity contribution is -0.132. The highest BCUT2D eigenvalue weighted by Gasteiger charge is 2.46. The van der Waals surface area contributed by atoms with E-state index in [0.717, 1.165) is 10.9 Å². The number of aliphatic hydroxyl groups excluding tert-OH is 1. The molecule has 1 amide bonds. The number of aliphatic hydroxyl groups is 1. The molecule has 1 aliphatic rings. The molecule has 0 bridgehead atoms. The van der Waals surface area contributed by atoms with Gasteiger partial charge < -0.3 is 9.84 Å². The summed E-state index contributed by atoms with van der Waals surface area (Å²) in [6.07, 6.45) is 0.892. The molecule has 0 radical (unpaired) electrons. The zero-order chi connectivity index (χ0) is 22.7. The summed E-state index contributed by atoms with van der Waals surface area (Å²) in [4.78, 5) is 27.7. The van der Waals surface area contributed by atoms with E-state index in [9.17, 15) is 14.7 Å². The molecule has 1 fully saturated rings. The number of halogens is 1. The second kappa shape index (κ2) is 9.40. The first-order valence-electron chi connectivity index (χ1n) is 10.4. The molecule has 3 aromatic rings. The van der Waals surface area contributed by atoms with E-state index in [1.54, 1.807) is 36.4 Å². The van der Waals surface area contributed by atoms with Crippen molar-refractivity contribution in [1.29, 1.82) is 0 Å². The summed E-state index contributed by atoms with van der Waals surface area (Å²) in [6, 6.07) is 22.5. The Balaban J connectivity index is 1.85. The number of rotatable bonds is 6. The van der Waals surface area contributed by atoms with Crippen molar-refractivity contribution >= 4 is 39.1 Å². The summed E-state index contributed by atoms with van der Waals surface area (Å²) in [6.45, 7) is 2.63. The number of hydrogen-bond donors (Lipinski definition) is 1. The maximum absolute atomic E-state index is 13.1. The van der Waals surface area contributed by atoms with Crippen molar-refractivity contribution in [2.75, 3.05) is 11.5 Å². The highest BCUT2D eigenvalue weighted by molar-refractivity contribution is 9.10. The molecule has 6 heteroatoms. The number of nitrogens with zero attached hydrogens (tertiary/aromatic N) is 1. The molecule has 4 rings (SSSR count). The van der Waals surface area contributed by atoms with Crippen LogP contribution >= 0.6 is 15.9 Å². The van der Waals surface area contributed by atoms with Crippen LogP contribution in [0.5, 0.6) is 5.75 Å². The van der Waals surface area contributed by atoms with Crippen LogP contribution < -0.4 is 9.64 Å². The van der Waals surface area contributed by atoms with E-state index in [2.05, 4.69) is 15.9 Å². The van der Waals surface area contributed by atoms with Gasteiger partial charge in [-0.3, -0.25) is 14.5 Å². The van der Waals surface area contributed by atoms with Crippen molar-refractivity contribution in [3.8, 4) is 5.75 Å². The van der Waals surface area contributed by atoms with Gasteiger partial charge in [-0.25, -0.2) is 0 Å². The number of anilines is 1. The number of ether oxygens (including phenoxy) is 1. The van der Waals surface area contributed by atoms with Crippen LogP contribution in [0.3, 0.4) is 0 Å². The van der Waals surface area contributed by atoms with E-state index < -0.39 is 17.7 Å². The fourth-order valence-electron chi connectivity index (χ4n) is 3.73. The van der Waals surface area contributed by atoms with E-state index in [1.807, 2.05) is 49.4 Å². The zero-order valence-electron chi connectivity index (χ0n) is 17.5.